The van der Waals surface area contributed by atoms with Gasteiger partial charge in [0.25, 0.3) is 11.8 Å². The number of nitrogens with one attached hydrogen (secondary N) is 2. The van der Waals surface area contributed by atoms with Crippen molar-refractivity contribution in [1.29, 1.82) is 0 Å². The molecule has 2 N–H and O–H groups in total. The first-order valence-electron chi connectivity index (χ1n) is 6.90. The van der Waals surface area contributed by atoms with Crippen LogP contribution in [-0.4, -0.2) is 25.0 Å². The molecule has 1 aromatic carbocycles. The van der Waals surface area contributed by atoms with Gasteiger partial charge < -0.3 is 10.1 Å². The van der Waals surface area contributed by atoms with Gasteiger partial charge >= 0.3 is 6.09 Å². The van der Waals surface area contributed by atoms with Crippen molar-refractivity contribution < 1.29 is 19.1 Å². The summed E-state index contributed by atoms with van der Waals surface area (Å²) in [7, 11) is 1.16. The monoisotopic (exact) mass is 366 g/mol. The lowest BCUT2D eigenvalue weighted by atomic mass is 10.1. The fourth-order valence-corrected chi connectivity index (χ4v) is 3.28. The molecule has 1 heterocycles. The van der Waals surface area contributed by atoms with Gasteiger partial charge in [-0.15, -0.1) is 11.3 Å². The molecular weight excluding hydrogens is 352 g/mol. The SMILES string of the molecule is COC(=O)NC(=O)c1c(NC(=O)c2ccccc2Cl)sc(C)c1C. The lowest BCUT2D eigenvalue weighted by Gasteiger charge is -2.08. The number of methoxy groups -OCH3 is 1. The molecule has 0 saturated heterocycles. The maximum absolute atomic E-state index is 12.4. The summed E-state index contributed by atoms with van der Waals surface area (Å²) in [6.45, 7) is 3.56. The van der Waals surface area contributed by atoms with Crippen molar-refractivity contribution in [2.24, 2.45) is 0 Å². The van der Waals surface area contributed by atoms with Crippen molar-refractivity contribution in [2.45, 2.75) is 13.8 Å². The first-order chi connectivity index (χ1) is 11.3. The standard InChI is InChI=1S/C16H15ClN2O4S/c1-8-9(2)24-15(12(8)14(21)19-16(22)23-3)18-13(20)10-6-4-5-7-11(10)17/h4-7H,1-3H3,(H,18,20)(H,19,21,22). The zero-order chi connectivity index (χ0) is 17.9. The van der Waals surface area contributed by atoms with E-state index in [0.29, 0.717) is 21.2 Å². The Balaban J connectivity index is 2.33. The second-order valence-corrected chi connectivity index (χ2v) is 6.50. The Morgan fingerprint density at radius 2 is 1.79 bits per heavy atom. The van der Waals surface area contributed by atoms with Crippen molar-refractivity contribution in [1.82, 2.24) is 5.32 Å². The molecular formula is C16H15ClN2O4S. The van der Waals surface area contributed by atoms with Crippen LogP contribution >= 0.6 is 22.9 Å². The van der Waals surface area contributed by atoms with Gasteiger partial charge in [-0.2, -0.15) is 0 Å². The quantitative estimate of drug-likeness (QED) is 0.866. The molecule has 0 atom stereocenters. The summed E-state index contributed by atoms with van der Waals surface area (Å²) in [5.74, 6) is -1.08. The Morgan fingerprint density at radius 3 is 2.42 bits per heavy atom. The summed E-state index contributed by atoms with van der Waals surface area (Å²) in [6.07, 6.45) is -0.869. The highest BCUT2D eigenvalue weighted by Gasteiger charge is 2.23. The zero-order valence-electron chi connectivity index (χ0n) is 13.2. The fourth-order valence-electron chi connectivity index (χ4n) is 2.01. The minimum absolute atomic E-state index is 0.225. The van der Waals surface area contributed by atoms with Crippen LogP contribution in [-0.2, 0) is 4.74 Å². The molecule has 0 aliphatic heterocycles. The molecule has 0 saturated carbocycles. The molecule has 3 amide bonds. The highest BCUT2D eigenvalue weighted by molar-refractivity contribution is 7.16. The van der Waals surface area contributed by atoms with E-state index in [-0.39, 0.29) is 5.56 Å². The van der Waals surface area contributed by atoms with Crippen LogP contribution in [0.1, 0.15) is 31.2 Å². The number of aryl methyl sites for hydroxylation is 1. The normalized spacial score (nSPS) is 10.2. The van der Waals surface area contributed by atoms with Crippen molar-refractivity contribution in [2.75, 3.05) is 12.4 Å². The van der Waals surface area contributed by atoms with E-state index in [4.69, 9.17) is 11.6 Å². The minimum atomic E-state index is -0.869. The van der Waals surface area contributed by atoms with Crippen molar-refractivity contribution in [3.8, 4) is 0 Å². The van der Waals surface area contributed by atoms with Crippen molar-refractivity contribution >= 4 is 45.8 Å². The van der Waals surface area contributed by atoms with Gasteiger partial charge in [0.15, 0.2) is 0 Å². The van der Waals surface area contributed by atoms with E-state index in [1.807, 2.05) is 6.92 Å². The van der Waals surface area contributed by atoms with Gasteiger partial charge in [-0.1, -0.05) is 23.7 Å². The van der Waals surface area contributed by atoms with Crippen LogP contribution in [0, 0.1) is 13.8 Å². The van der Waals surface area contributed by atoms with Gasteiger partial charge in [0, 0.05) is 4.88 Å². The number of carbonyl (C=O) groups excluding carboxylic acids is 3. The van der Waals surface area contributed by atoms with E-state index >= 15 is 0 Å². The number of thiophene rings is 1. The average molecular weight is 367 g/mol. The number of rotatable bonds is 3. The Bertz CT molecular complexity index is 816. The number of anilines is 1. The maximum Gasteiger partial charge on any atom is 0.413 e. The molecule has 126 valence electrons. The molecule has 0 radical (unpaired) electrons. The summed E-state index contributed by atoms with van der Waals surface area (Å²) < 4.78 is 4.42. The van der Waals surface area contributed by atoms with Gasteiger partial charge in [0.05, 0.1) is 23.3 Å². The first kappa shape index (κ1) is 18.0. The Labute approximate surface area is 147 Å². The van der Waals surface area contributed by atoms with Crippen LogP contribution in [0.5, 0.6) is 0 Å². The third-order valence-electron chi connectivity index (χ3n) is 3.36. The summed E-state index contributed by atoms with van der Waals surface area (Å²) in [5.41, 5.74) is 1.20. The highest BCUT2D eigenvalue weighted by Crippen LogP contribution is 2.33. The number of halogens is 1. The second kappa shape index (κ2) is 7.46. The molecule has 2 aromatic rings. The second-order valence-electron chi connectivity index (χ2n) is 4.87. The number of carbonyl (C=O) groups is 3. The molecule has 1 aromatic heterocycles. The van der Waals surface area contributed by atoms with Crippen LogP contribution in [0.15, 0.2) is 24.3 Å². The van der Waals surface area contributed by atoms with Crippen molar-refractivity contribution in [3.63, 3.8) is 0 Å². The molecule has 0 aliphatic carbocycles. The Hall–Kier alpha value is -2.38. The number of ether oxygens (including phenoxy) is 1. The molecule has 0 aliphatic rings. The van der Waals surface area contributed by atoms with E-state index in [1.54, 1.807) is 31.2 Å². The van der Waals surface area contributed by atoms with E-state index < -0.39 is 17.9 Å². The van der Waals surface area contributed by atoms with Gasteiger partial charge in [-0.25, -0.2) is 4.79 Å². The van der Waals surface area contributed by atoms with Gasteiger partial charge in [-0.3, -0.25) is 14.9 Å². The number of alkyl carbamates (subject to hydrolysis) is 1. The predicted molar refractivity (Wildman–Crippen MR) is 93.1 cm³/mol. The molecule has 24 heavy (non-hydrogen) atoms. The predicted octanol–water partition coefficient (Wildman–Crippen LogP) is 3.77. The molecule has 2 rings (SSSR count). The molecule has 6 nitrogen and oxygen atoms in total. The van der Waals surface area contributed by atoms with Crippen LogP contribution in [0.2, 0.25) is 5.02 Å². The summed E-state index contributed by atoms with van der Waals surface area (Å²) >= 11 is 7.26. The molecule has 8 heteroatoms. The smallest absolute Gasteiger partial charge is 0.413 e. The van der Waals surface area contributed by atoms with E-state index in [2.05, 4.69) is 15.4 Å². The van der Waals surface area contributed by atoms with Crippen LogP contribution < -0.4 is 10.6 Å². The fraction of sp³-hybridized carbons (Fsp3) is 0.188. The number of imide groups is 1. The van der Waals surface area contributed by atoms with Gasteiger partial charge in [-0.05, 0) is 31.5 Å². The average Bonchev–Trinajstić information content (AvgIpc) is 2.81. The number of hydrogen-bond donors (Lipinski definition) is 2. The lowest BCUT2D eigenvalue weighted by molar-refractivity contribution is 0.0937. The highest BCUT2D eigenvalue weighted by atomic mass is 35.5. The maximum atomic E-state index is 12.4. The van der Waals surface area contributed by atoms with Crippen LogP contribution in [0.3, 0.4) is 0 Å². The first-order valence-corrected chi connectivity index (χ1v) is 8.09. The Morgan fingerprint density at radius 1 is 1.12 bits per heavy atom. The third kappa shape index (κ3) is 3.74. The largest absolute Gasteiger partial charge is 0.453 e. The van der Waals surface area contributed by atoms with E-state index in [9.17, 15) is 14.4 Å². The summed E-state index contributed by atoms with van der Waals surface area (Å²) in [6, 6.07) is 6.59. The molecule has 0 unspecified atom stereocenters. The third-order valence-corrected chi connectivity index (χ3v) is 4.81. The molecule has 0 fully saturated rings. The number of hydrogen-bond acceptors (Lipinski definition) is 5. The van der Waals surface area contributed by atoms with Crippen LogP contribution in [0.4, 0.5) is 9.80 Å². The molecule has 0 bridgehead atoms. The lowest BCUT2D eigenvalue weighted by Crippen LogP contribution is -2.31. The minimum Gasteiger partial charge on any atom is -0.453 e. The van der Waals surface area contributed by atoms with Crippen molar-refractivity contribution in [3.05, 3.63) is 50.9 Å². The van der Waals surface area contributed by atoms with Gasteiger partial charge in [0.2, 0.25) is 0 Å². The molecule has 0 spiro atoms. The number of benzene rings is 1. The summed E-state index contributed by atoms with van der Waals surface area (Å²) in [4.78, 5) is 36.8. The van der Waals surface area contributed by atoms with Gasteiger partial charge in [0.1, 0.15) is 5.00 Å². The van der Waals surface area contributed by atoms with E-state index in [1.165, 1.54) is 11.3 Å². The summed E-state index contributed by atoms with van der Waals surface area (Å²) in [5, 5.41) is 5.43. The van der Waals surface area contributed by atoms with Crippen LogP contribution in [0.25, 0.3) is 0 Å². The zero-order valence-corrected chi connectivity index (χ0v) is 14.8. The number of amides is 3. The van der Waals surface area contributed by atoms with E-state index in [0.717, 1.165) is 12.0 Å². The topological polar surface area (TPSA) is 84.5 Å². The Kier molecular flexibility index (Phi) is 5.58.